The highest BCUT2D eigenvalue weighted by atomic mass is 16.6. The van der Waals surface area contributed by atoms with E-state index in [1.165, 1.54) is 28.4 Å². The molecule has 0 bridgehead atoms. The molecule has 122 heavy (non-hydrogen) atoms. The first-order valence-corrected chi connectivity index (χ1v) is 41.6. The van der Waals surface area contributed by atoms with Gasteiger partial charge in [0.1, 0.15) is 81.3 Å². The van der Waals surface area contributed by atoms with Crippen LogP contribution in [0.25, 0.3) is 111 Å². The Kier molecular flexibility index (Phi) is 24.2. The molecule has 8 aromatic heterocycles. The number of carbonyl (C=O) groups excluding carboxylic acids is 8. The lowest BCUT2D eigenvalue weighted by molar-refractivity contribution is -0.136. The molecule has 16 rings (SSSR count). The largest absolute Gasteiger partial charge is 0.464 e. The maximum atomic E-state index is 13.8. The fourth-order valence-corrected chi connectivity index (χ4v) is 17.7. The summed E-state index contributed by atoms with van der Waals surface area (Å²) >= 11 is 0. The van der Waals surface area contributed by atoms with Crippen LogP contribution in [0.4, 0.5) is 19.2 Å². The van der Waals surface area contributed by atoms with Gasteiger partial charge in [-0.25, -0.2) is 39.1 Å². The minimum Gasteiger partial charge on any atom is -0.464 e. The van der Waals surface area contributed by atoms with Gasteiger partial charge < -0.3 is 97.4 Å². The monoisotopic (exact) mass is 1660 g/mol. The summed E-state index contributed by atoms with van der Waals surface area (Å²) in [7, 11) is 5.14. The number of fused-ring (bicyclic) bond motifs is 4. The summed E-state index contributed by atoms with van der Waals surface area (Å²) in [6.07, 6.45) is 14.1. The van der Waals surface area contributed by atoms with E-state index in [1.54, 1.807) is 56.9 Å². The Labute approximate surface area is 703 Å². The van der Waals surface area contributed by atoms with Crippen molar-refractivity contribution in [1.82, 2.24) is 80.7 Å². The number of alkyl carbamates (subject to hydrolysis) is 4. The Balaban J connectivity index is 0.000000190. The number of carbonyl (C=O) groups is 8. The fourth-order valence-electron chi connectivity index (χ4n) is 17.7. The normalized spacial score (nSPS) is 17.7. The molecule has 12 aromatic rings. The van der Waals surface area contributed by atoms with Crippen LogP contribution in [0.1, 0.15) is 166 Å². The minimum absolute atomic E-state index is 0.134. The van der Waals surface area contributed by atoms with E-state index >= 15 is 0 Å². The predicted octanol–water partition coefficient (Wildman–Crippen LogP) is 16.0. The number of amides is 8. The first-order chi connectivity index (χ1) is 58.7. The van der Waals surface area contributed by atoms with Crippen molar-refractivity contribution >= 4 is 91.9 Å². The third kappa shape index (κ3) is 16.3. The van der Waals surface area contributed by atoms with Gasteiger partial charge in [0.25, 0.3) is 0 Å². The first kappa shape index (κ1) is 83.9. The van der Waals surface area contributed by atoms with E-state index in [2.05, 4.69) is 59.4 Å². The van der Waals surface area contributed by atoms with E-state index in [1.807, 2.05) is 124 Å². The van der Waals surface area contributed by atoms with E-state index in [9.17, 15) is 38.4 Å². The van der Waals surface area contributed by atoms with Crippen LogP contribution >= 0.6 is 0 Å². The number of H-pyrrole nitrogens is 4. The van der Waals surface area contributed by atoms with E-state index in [0.717, 1.165) is 152 Å². The lowest BCUT2D eigenvalue weighted by atomic mass is 9.95. The Morgan fingerprint density at radius 2 is 0.607 bits per heavy atom. The standard InChI is InChI=1S/C46H54N8O8.C44H50N8O8/c1-23(2)37(51-45(57)59-7)43(55)53-17-9-11-35(53)41-47-21-33(49-41)28-14-15-29(39-32(28)20-26(6)61-39)27-13-16-30(40-31(27)19-25(5)62-40)34-22-48-42(50-34)36-12-10-18-54(36)44(56)38(24(3)4)52-46(58)60-8;1-23(2)35(49-43(55)57-5)41(53)51-17-7-9-33(51)39-45-21-31(47-39)26-12-13-27(37-29(26)16-20-59-37)25-11-14-30(38-28(25)15-19-60-38)32-22-46-40(48-32)34-10-8-18-52(34)42(54)36(24(3)4)50-44(56)58-6/h13-16,19-24,35-38H,9-12,17-18H2,1-8H3,(H,47,49)(H,48,50)(H,51,57)(H,52,58);11-16,19-24,33-36H,7-10,17-18H2,1-6H3,(H,45,47)(H,46,48)(H,49,55)(H,50,56)/t35-,36-,37-,38-;33-,34-,35-,36-/m00/s1. The van der Waals surface area contributed by atoms with Crippen molar-refractivity contribution in [2.45, 2.75) is 169 Å². The van der Waals surface area contributed by atoms with E-state index < -0.39 is 48.5 Å². The molecule has 0 unspecified atom stereocenters. The summed E-state index contributed by atoms with van der Waals surface area (Å²) in [5, 5.41) is 14.4. The highest BCUT2D eigenvalue weighted by molar-refractivity contribution is 6.11. The molecule has 8 amide bonds. The second kappa shape index (κ2) is 35.3. The van der Waals surface area contributed by atoms with Gasteiger partial charge in [-0.05, 0) is 149 Å². The van der Waals surface area contributed by atoms with Crippen molar-refractivity contribution in [3.05, 3.63) is 145 Å². The lowest BCUT2D eigenvalue weighted by Gasteiger charge is -2.30. The van der Waals surface area contributed by atoms with Crippen molar-refractivity contribution in [3.8, 4) is 67.3 Å². The van der Waals surface area contributed by atoms with Crippen molar-refractivity contribution in [2.24, 2.45) is 23.7 Å². The lowest BCUT2D eigenvalue weighted by Crippen LogP contribution is -2.51. The Bertz CT molecular complexity index is 5550. The second-order valence-corrected chi connectivity index (χ2v) is 33.1. The summed E-state index contributed by atoms with van der Waals surface area (Å²) in [5.41, 5.74) is 12.9. The van der Waals surface area contributed by atoms with Crippen LogP contribution < -0.4 is 21.3 Å². The molecule has 4 saturated heterocycles. The smallest absolute Gasteiger partial charge is 0.407 e. The van der Waals surface area contributed by atoms with Gasteiger partial charge in [-0.15, -0.1) is 0 Å². The van der Waals surface area contributed by atoms with Gasteiger partial charge in [-0.3, -0.25) is 19.2 Å². The first-order valence-electron chi connectivity index (χ1n) is 41.6. The summed E-state index contributed by atoms with van der Waals surface area (Å²) in [6.45, 7) is 21.2. The molecule has 4 aliphatic heterocycles. The zero-order chi connectivity index (χ0) is 86.2. The number of nitrogens with one attached hydrogen (secondary N) is 8. The molecule has 8 atom stereocenters. The summed E-state index contributed by atoms with van der Waals surface area (Å²) < 4.78 is 44.3. The predicted molar refractivity (Wildman–Crippen MR) is 454 cm³/mol. The quantitative estimate of drug-likeness (QED) is 0.0292. The van der Waals surface area contributed by atoms with Crippen LogP contribution in [0, 0.1) is 37.5 Å². The van der Waals surface area contributed by atoms with E-state index in [-0.39, 0.29) is 71.5 Å². The molecule has 4 fully saturated rings. The molecule has 0 radical (unpaired) electrons. The van der Waals surface area contributed by atoms with Crippen molar-refractivity contribution in [2.75, 3.05) is 54.6 Å². The maximum absolute atomic E-state index is 13.8. The van der Waals surface area contributed by atoms with Crippen LogP contribution in [-0.2, 0) is 38.1 Å². The summed E-state index contributed by atoms with van der Waals surface area (Å²) in [5.74, 6) is 2.96. The third-order valence-corrected chi connectivity index (χ3v) is 23.9. The van der Waals surface area contributed by atoms with Gasteiger partial charge in [-0.1, -0.05) is 79.7 Å². The number of methoxy groups -OCH3 is 4. The highest BCUT2D eigenvalue weighted by Crippen LogP contribution is 2.47. The molecule has 0 spiro atoms. The molecule has 32 heteroatoms. The van der Waals surface area contributed by atoms with Crippen LogP contribution in [0.15, 0.2) is 128 Å². The Hall–Kier alpha value is -13.2. The molecule has 12 heterocycles. The number of imidazole rings is 4. The van der Waals surface area contributed by atoms with Crippen molar-refractivity contribution in [3.63, 3.8) is 0 Å². The van der Waals surface area contributed by atoms with Gasteiger partial charge in [-0.2, -0.15) is 0 Å². The zero-order valence-corrected chi connectivity index (χ0v) is 70.9. The van der Waals surface area contributed by atoms with Crippen molar-refractivity contribution in [1.29, 1.82) is 0 Å². The van der Waals surface area contributed by atoms with Gasteiger partial charge in [0.15, 0.2) is 0 Å². The van der Waals surface area contributed by atoms with Gasteiger partial charge in [0, 0.05) is 81.1 Å². The average Bonchev–Trinajstić information content (AvgIpc) is 1.57. The number of benzene rings is 4. The molecule has 640 valence electrons. The Morgan fingerprint density at radius 1 is 0.352 bits per heavy atom. The van der Waals surface area contributed by atoms with Crippen LogP contribution in [0.3, 0.4) is 0 Å². The maximum Gasteiger partial charge on any atom is 0.407 e. The molecule has 8 N–H and O–H groups in total. The van der Waals surface area contributed by atoms with Crippen LogP contribution in [0.2, 0.25) is 0 Å². The van der Waals surface area contributed by atoms with Gasteiger partial charge in [0.2, 0.25) is 23.6 Å². The molecule has 0 aliphatic carbocycles. The van der Waals surface area contributed by atoms with Crippen molar-refractivity contribution < 1.29 is 75.0 Å². The number of hydrogen-bond acceptors (Lipinski definition) is 20. The number of aromatic amines is 4. The zero-order valence-electron chi connectivity index (χ0n) is 70.9. The molecule has 4 aromatic carbocycles. The number of aromatic nitrogens is 8. The molecular weight excluding hydrogens is 1560 g/mol. The number of nitrogens with zero attached hydrogens (tertiary/aromatic N) is 8. The summed E-state index contributed by atoms with van der Waals surface area (Å²) in [4.78, 5) is 143. The van der Waals surface area contributed by atoms with E-state index in [4.69, 9.17) is 56.6 Å². The number of hydrogen-bond donors (Lipinski definition) is 8. The topological polar surface area (TPSA) is 402 Å². The van der Waals surface area contributed by atoms with Crippen LogP contribution in [-0.4, -0.2) is 186 Å². The van der Waals surface area contributed by atoms with E-state index in [0.29, 0.717) is 71.8 Å². The molecule has 0 saturated carbocycles. The van der Waals surface area contributed by atoms with Gasteiger partial charge >= 0.3 is 24.4 Å². The van der Waals surface area contributed by atoms with Crippen LogP contribution in [0.5, 0.6) is 0 Å². The number of aryl methyl sites for hydroxylation is 2. The Morgan fingerprint density at radius 3 is 0.943 bits per heavy atom. The average molecular weight is 1670 g/mol. The number of furan rings is 4. The third-order valence-electron chi connectivity index (χ3n) is 23.9. The SMILES string of the molecule is COC(=O)N[C@H](C(=O)N1CCC[C@H]1c1ncc(-c2ccc(-c3ccc(-c4cnc([C@@H]5CCCN5C(=O)[C@@H](NC(=O)OC)C(C)C)[nH]4)c4oc(C)cc34)c3oc(C)cc23)[nH]1)C(C)C.COC(=O)N[C@H](C(=O)N1CCC[C@H]1c1ncc(-c2ccc(-c3ccc(-c4cnc([C@@H]5CCCN5C(=O)[C@@H](NC(=O)OC)C(C)C)[nH]4)c4occc34)c3occc23)[nH]1)C(C)C. The summed E-state index contributed by atoms with van der Waals surface area (Å²) in [6, 6.07) is 20.2. The second-order valence-electron chi connectivity index (χ2n) is 33.1. The molecule has 4 aliphatic rings. The molecule has 32 nitrogen and oxygen atoms in total. The number of rotatable bonds is 22. The number of ether oxygens (including phenoxy) is 4. The highest BCUT2D eigenvalue weighted by Gasteiger charge is 2.43. The van der Waals surface area contributed by atoms with Gasteiger partial charge in [0.05, 0.1) is 113 Å². The fraction of sp³-hybridized carbons (Fsp3) is 0.422. The number of likely N-dealkylation sites (tertiary alicyclic amines) is 4. The minimum atomic E-state index is -0.729. The molecular formula is C90H104N16O16.